The number of carbonyl (C=O) groups excluding carboxylic acids is 6. The summed E-state index contributed by atoms with van der Waals surface area (Å²) in [6.45, 7) is 9.66. The topological polar surface area (TPSA) is 385 Å². The Balaban J connectivity index is -0.0000000280. The molecule has 0 saturated carbocycles. The summed E-state index contributed by atoms with van der Waals surface area (Å²) >= 11 is 0. The average molecular weight is 730 g/mol. The third-order valence-electron chi connectivity index (χ3n) is 1.93. The molecule has 0 fully saturated rings. The minimum Gasteiger partial charge on any atom is -0.550 e. The number of carboxylic acids is 6. The van der Waals surface area contributed by atoms with Gasteiger partial charge in [0.1, 0.15) is 11.4 Å². The second-order valence-electron chi connectivity index (χ2n) is 6.27. The standard InChI is InChI=1S/2C4H12N2O.6C2H4O2.3Fe/c2*1-2-4(6,7)3-5;6*1-2(3)4;;;/h2*7H,2-3,5-6H2,1H3;6*1H3,(H,3,4);;;/q;;;;;;;;3*+2/p-6. The molecule has 0 aliphatic heterocycles. The summed E-state index contributed by atoms with van der Waals surface area (Å²) in [6, 6.07) is 0. The average Bonchev–Trinajstić information content (AvgIpc) is 2.66. The molecule has 0 saturated heterocycles. The Morgan fingerprint density at radius 1 is 0.488 bits per heavy atom. The summed E-state index contributed by atoms with van der Waals surface area (Å²) in [7, 11) is 0. The summed E-state index contributed by atoms with van der Waals surface area (Å²) in [6.07, 6.45) is 1.01. The molecule has 0 aromatic rings. The van der Waals surface area contributed by atoms with Crippen LogP contribution in [-0.4, -0.2) is 70.6 Å². The van der Waals surface area contributed by atoms with Crippen LogP contribution in [0, 0.1) is 0 Å². The second kappa shape index (κ2) is 50.9. The van der Waals surface area contributed by atoms with Crippen LogP contribution in [0.25, 0.3) is 0 Å². The normalized spacial score (nSPS) is 10.1. The minimum absolute atomic E-state index is 0. The first-order chi connectivity index (χ1) is 16.6. The molecule has 0 aromatic heterocycles. The maximum atomic E-state index is 8.89. The number of aliphatic hydroxyl groups is 2. The predicted molar refractivity (Wildman–Crippen MR) is 121 cm³/mol. The third kappa shape index (κ3) is 485. The summed E-state index contributed by atoms with van der Waals surface area (Å²) in [5.74, 6) is -6.50. The third-order valence-corrected chi connectivity index (χ3v) is 1.93. The number of nitrogens with two attached hydrogens (primary N) is 4. The van der Waals surface area contributed by atoms with Crippen molar-refractivity contribution in [2.24, 2.45) is 22.9 Å². The fourth-order valence-corrected chi connectivity index (χ4v) is 0.289. The van der Waals surface area contributed by atoms with Crippen LogP contribution in [-0.2, 0) is 80.0 Å². The second-order valence-corrected chi connectivity index (χ2v) is 6.27. The molecule has 0 radical (unpaired) electrons. The van der Waals surface area contributed by atoms with E-state index in [-0.39, 0.29) is 64.3 Å². The molecule has 0 aromatic carbocycles. The van der Waals surface area contributed by atoms with Crippen molar-refractivity contribution < 1.29 is 121 Å². The Labute approximate surface area is 271 Å². The molecule has 0 bridgehead atoms. The van der Waals surface area contributed by atoms with E-state index < -0.39 is 47.3 Å². The molecule has 0 spiro atoms. The molecule has 21 heteroatoms. The van der Waals surface area contributed by atoms with Gasteiger partial charge in [0.05, 0.1) is 0 Å². The SMILES string of the molecule is CC(=O)[O-].CC(=O)[O-].CC(=O)[O-].CC(=O)[O-].CC(=O)[O-].CC(=O)[O-].CCC(N)(O)CN.CCC(N)(O)CN.[Fe+2].[Fe+2].[Fe+2]. The van der Waals surface area contributed by atoms with Gasteiger partial charge in [-0.25, -0.2) is 0 Å². The van der Waals surface area contributed by atoms with E-state index in [2.05, 4.69) is 0 Å². The van der Waals surface area contributed by atoms with Crippen molar-refractivity contribution in [2.45, 2.75) is 79.7 Å². The Morgan fingerprint density at radius 3 is 0.561 bits per heavy atom. The first-order valence-electron chi connectivity index (χ1n) is 10.1. The van der Waals surface area contributed by atoms with Gasteiger partial charge in [0.2, 0.25) is 0 Å². The quantitative estimate of drug-likeness (QED) is 0.115. The van der Waals surface area contributed by atoms with Crippen molar-refractivity contribution >= 4 is 35.8 Å². The maximum Gasteiger partial charge on any atom is 2.00 e. The van der Waals surface area contributed by atoms with Crippen molar-refractivity contribution in [1.29, 1.82) is 0 Å². The van der Waals surface area contributed by atoms with Crippen LogP contribution >= 0.6 is 0 Å². The molecule has 0 rings (SSSR count). The van der Waals surface area contributed by atoms with Gasteiger partial charge in [0, 0.05) is 48.9 Å². The van der Waals surface area contributed by atoms with Gasteiger partial charge in [-0.15, -0.1) is 0 Å². The first kappa shape index (κ1) is 71.9. The fraction of sp³-hybridized carbons (Fsp3) is 0.700. The molecule has 0 amide bonds. The van der Waals surface area contributed by atoms with Gasteiger partial charge in [-0.05, 0) is 54.4 Å². The van der Waals surface area contributed by atoms with E-state index in [0.717, 1.165) is 41.5 Å². The van der Waals surface area contributed by atoms with Crippen molar-refractivity contribution in [3.05, 3.63) is 0 Å². The van der Waals surface area contributed by atoms with Crippen molar-refractivity contribution in [3.63, 3.8) is 0 Å². The van der Waals surface area contributed by atoms with Crippen molar-refractivity contribution in [2.75, 3.05) is 13.1 Å². The Kier molecular flexibility index (Phi) is 89.3. The van der Waals surface area contributed by atoms with E-state index in [0.29, 0.717) is 12.8 Å². The monoisotopic (exact) mass is 730 g/mol. The van der Waals surface area contributed by atoms with Crippen LogP contribution in [0.5, 0.6) is 0 Å². The Bertz CT molecular complexity index is 483. The summed E-state index contributed by atoms with van der Waals surface area (Å²) in [4.78, 5) is 53.3. The van der Waals surface area contributed by atoms with E-state index in [1.165, 1.54) is 0 Å². The molecule has 0 aliphatic carbocycles. The van der Waals surface area contributed by atoms with Crippen molar-refractivity contribution in [3.8, 4) is 0 Å². The minimum atomic E-state index is -1.14. The maximum absolute atomic E-state index is 8.89. The molecule has 2 atom stereocenters. The van der Waals surface area contributed by atoms with Gasteiger partial charge < -0.3 is 92.6 Å². The molecule has 2 unspecified atom stereocenters. The van der Waals surface area contributed by atoms with Crippen LogP contribution in [0.1, 0.15) is 68.2 Å². The van der Waals surface area contributed by atoms with Gasteiger partial charge in [-0.1, -0.05) is 13.8 Å². The van der Waals surface area contributed by atoms with Crippen LogP contribution in [0.15, 0.2) is 0 Å². The Hall–Kier alpha value is -1.86. The number of hydrogen-bond acceptors (Lipinski definition) is 18. The zero-order valence-corrected chi connectivity index (χ0v) is 27.3. The van der Waals surface area contributed by atoms with Crippen LogP contribution in [0.3, 0.4) is 0 Å². The first-order valence-corrected chi connectivity index (χ1v) is 10.1. The molecular weight excluding hydrogens is 688 g/mol. The van der Waals surface area contributed by atoms with Gasteiger partial charge in [0.15, 0.2) is 0 Å². The summed E-state index contributed by atoms with van der Waals surface area (Å²) in [5, 5.41) is 70.9. The van der Waals surface area contributed by atoms with Gasteiger partial charge in [-0.2, -0.15) is 0 Å². The number of carboxylic acid groups (broad SMARTS) is 6. The van der Waals surface area contributed by atoms with E-state index in [9.17, 15) is 0 Å². The largest absolute Gasteiger partial charge is 2.00 e. The zero-order valence-electron chi connectivity index (χ0n) is 24.0. The van der Waals surface area contributed by atoms with E-state index in [4.69, 9.17) is 92.6 Å². The van der Waals surface area contributed by atoms with E-state index in [1.807, 2.05) is 0 Å². The molecule has 18 nitrogen and oxygen atoms in total. The van der Waals surface area contributed by atoms with Crippen LogP contribution in [0.2, 0.25) is 0 Å². The molecule has 0 heterocycles. The molecule has 41 heavy (non-hydrogen) atoms. The smallest absolute Gasteiger partial charge is 0.550 e. The number of rotatable bonds is 4. The van der Waals surface area contributed by atoms with Gasteiger partial charge in [0.25, 0.3) is 0 Å². The fourth-order valence-electron chi connectivity index (χ4n) is 0.289. The summed E-state index contributed by atoms with van der Waals surface area (Å²) in [5.41, 5.74) is 18.1. The number of hydrogen-bond donors (Lipinski definition) is 6. The Morgan fingerprint density at radius 2 is 0.561 bits per heavy atom. The zero-order chi connectivity index (χ0) is 33.3. The molecule has 250 valence electrons. The van der Waals surface area contributed by atoms with E-state index in [1.54, 1.807) is 13.8 Å². The van der Waals surface area contributed by atoms with E-state index >= 15 is 0 Å². The number of carbonyl (C=O) groups is 6. The molecule has 0 aliphatic rings. The van der Waals surface area contributed by atoms with Crippen LogP contribution in [0.4, 0.5) is 0 Å². The molecule has 10 N–H and O–H groups in total. The predicted octanol–water partition coefficient (Wildman–Crippen LogP) is -9.47. The van der Waals surface area contributed by atoms with Crippen molar-refractivity contribution in [1.82, 2.24) is 0 Å². The molecular formula is C20H42Fe3N4O14. The van der Waals surface area contributed by atoms with Gasteiger partial charge >= 0.3 is 51.2 Å². The number of aliphatic carboxylic acids is 6. The summed E-state index contributed by atoms with van der Waals surface area (Å²) < 4.78 is 0. The van der Waals surface area contributed by atoms with Crippen LogP contribution < -0.4 is 53.6 Å². The van der Waals surface area contributed by atoms with Gasteiger partial charge in [-0.3, -0.25) is 0 Å².